The van der Waals surface area contributed by atoms with Gasteiger partial charge in [0.1, 0.15) is 17.1 Å². The molecule has 4 aromatic carbocycles. The number of carbonyl (C=O) groups excluding carboxylic acids is 1. The van der Waals surface area contributed by atoms with Crippen LogP contribution in [0.1, 0.15) is 20.8 Å². The fraction of sp³-hybridized carbons (Fsp3) is 0.146. The maximum absolute atomic E-state index is 11.9. The standard InChI is InChI=1S/C23H24N4O6.C18H16N4O4/c1-23(2,3)33-22(28)25-16-6-5-7-17(12-16)26-31-10-11-32-27-18-8-9-19(20(13-18)29-4)21-14-24-15-30-21;1-23-17-10-15(5-6-16(17)18-11-20-12-24-18)22-26-8-7-25-21-14-4-2-3-13(19)9-14/h5-9,12-15,26-27H,1-4H3,(H,25,28);2-6,9-12,21-22H,19H2,1H3. The molecule has 2 heterocycles. The molecule has 18 nitrogen and oxygen atoms in total. The van der Waals surface area contributed by atoms with Crippen LogP contribution >= 0.6 is 0 Å². The van der Waals surface area contributed by atoms with E-state index in [0.717, 1.165) is 11.1 Å². The van der Waals surface area contributed by atoms with E-state index in [1.54, 1.807) is 126 Å². The zero-order valence-electron chi connectivity index (χ0n) is 32.4. The number of rotatable bonds is 13. The van der Waals surface area contributed by atoms with Gasteiger partial charge >= 0.3 is 6.09 Å². The number of nitrogens with two attached hydrogens (primary N) is 1. The number of nitrogens with one attached hydrogen (secondary N) is 5. The van der Waals surface area contributed by atoms with Gasteiger partial charge in [-0.3, -0.25) is 5.32 Å². The maximum Gasteiger partial charge on any atom is 0.412 e. The molecule has 0 aliphatic heterocycles. The molecular formula is C41H40N8O10. The number of oxazole rings is 2. The first-order valence-corrected chi connectivity index (χ1v) is 17.4. The van der Waals surface area contributed by atoms with Crippen LogP contribution in [0.15, 0.2) is 119 Å². The molecule has 2 aromatic heterocycles. The SMILES string of the molecule is COc1cc(NOC#CONc2cccc(N)c2)ccc1-c1cnco1.COc1cc(NOC#CONc2cccc(NC(=O)OC(C)(C)C)c2)ccc1-c1cnco1. The lowest BCUT2D eigenvalue weighted by Crippen LogP contribution is -2.27. The Balaban J connectivity index is 0.000000230. The predicted molar refractivity (Wildman–Crippen MR) is 219 cm³/mol. The number of methoxy groups -OCH3 is 2. The molecule has 7 N–H and O–H groups in total. The Morgan fingerprint density at radius 3 is 1.47 bits per heavy atom. The molecule has 0 spiro atoms. The van der Waals surface area contributed by atoms with Gasteiger partial charge in [0.25, 0.3) is 0 Å². The summed E-state index contributed by atoms with van der Waals surface area (Å²) in [6.07, 6.45) is 14.8. The summed E-state index contributed by atoms with van der Waals surface area (Å²) < 4.78 is 26.5. The molecule has 0 aliphatic carbocycles. The van der Waals surface area contributed by atoms with E-state index < -0.39 is 11.7 Å². The summed E-state index contributed by atoms with van der Waals surface area (Å²) >= 11 is 0. The summed E-state index contributed by atoms with van der Waals surface area (Å²) in [6.45, 7) is 5.37. The molecule has 18 heteroatoms. The quantitative estimate of drug-likeness (QED) is 0.0368. The number of benzene rings is 4. The summed E-state index contributed by atoms with van der Waals surface area (Å²) in [7, 11) is 3.12. The third-order valence-electron chi connectivity index (χ3n) is 7.16. The van der Waals surface area contributed by atoms with E-state index >= 15 is 0 Å². The lowest BCUT2D eigenvalue weighted by Gasteiger charge is -2.19. The third-order valence-corrected chi connectivity index (χ3v) is 7.16. The molecule has 1 amide bonds. The monoisotopic (exact) mass is 804 g/mol. The highest BCUT2D eigenvalue weighted by atomic mass is 16.7. The van der Waals surface area contributed by atoms with Gasteiger partial charge < -0.3 is 48.1 Å². The molecule has 0 fully saturated rings. The van der Waals surface area contributed by atoms with Crippen LogP contribution < -0.4 is 42.4 Å². The number of anilines is 6. The zero-order valence-corrected chi connectivity index (χ0v) is 32.4. The van der Waals surface area contributed by atoms with Crippen LogP contribution in [0.5, 0.6) is 11.5 Å². The summed E-state index contributed by atoms with van der Waals surface area (Å²) in [5.41, 5.74) is 20.9. The van der Waals surface area contributed by atoms with Crippen molar-refractivity contribution in [3.05, 3.63) is 110 Å². The average molecular weight is 805 g/mol. The Morgan fingerprint density at radius 1 is 0.610 bits per heavy atom. The number of ether oxygens (including phenoxy) is 3. The van der Waals surface area contributed by atoms with E-state index in [-0.39, 0.29) is 0 Å². The number of carbonyl (C=O) groups is 1. The van der Waals surface area contributed by atoms with Crippen molar-refractivity contribution >= 4 is 40.2 Å². The number of hydrogen-bond acceptors (Lipinski definition) is 17. The first-order valence-electron chi connectivity index (χ1n) is 17.4. The summed E-state index contributed by atoms with van der Waals surface area (Å²) in [5.74, 6) is 2.37. The number of aromatic nitrogens is 2. The molecule has 0 bridgehead atoms. The summed E-state index contributed by atoms with van der Waals surface area (Å²) in [4.78, 5) is 39.7. The highest BCUT2D eigenvalue weighted by molar-refractivity contribution is 5.85. The van der Waals surface area contributed by atoms with Gasteiger partial charge in [0.15, 0.2) is 48.7 Å². The molecule has 304 valence electrons. The van der Waals surface area contributed by atoms with Gasteiger partial charge in [-0.2, -0.15) is 0 Å². The van der Waals surface area contributed by atoms with Gasteiger partial charge in [-0.15, -0.1) is 0 Å². The van der Waals surface area contributed by atoms with Crippen LogP contribution in [-0.2, 0) is 24.1 Å². The molecule has 0 unspecified atom stereocenters. The van der Waals surface area contributed by atoms with Gasteiger partial charge in [-0.25, -0.2) is 36.7 Å². The minimum atomic E-state index is -0.587. The van der Waals surface area contributed by atoms with E-state index in [2.05, 4.69) is 61.6 Å². The van der Waals surface area contributed by atoms with Crippen LogP contribution in [0.3, 0.4) is 0 Å². The van der Waals surface area contributed by atoms with E-state index in [1.165, 1.54) is 12.8 Å². The van der Waals surface area contributed by atoms with Crippen LogP contribution in [0.4, 0.5) is 38.9 Å². The molecule has 0 saturated carbocycles. The lowest BCUT2D eigenvalue weighted by molar-refractivity contribution is 0.0636. The topological polar surface area (TPSA) is 220 Å². The Morgan fingerprint density at radius 2 is 1.05 bits per heavy atom. The molecule has 6 rings (SSSR count). The second-order valence-corrected chi connectivity index (χ2v) is 12.6. The predicted octanol–water partition coefficient (Wildman–Crippen LogP) is 8.24. The Hall–Kier alpha value is -8.51. The number of amides is 1. The largest absolute Gasteiger partial charge is 0.496 e. The van der Waals surface area contributed by atoms with Crippen LogP contribution in [0, 0.1) is 24.4 Å². The summed E-state index contributed by atoms with van der Waals surface area (Å²) in [6, 6.07) is 24.6. The van der Waals surface area contributed by atoms with E-state index in [1.807, 2.05) is 6.07 Å². The van der Waals surface area contributed by atoms with Crippen molar-refractivity contribution < 1.29 is 47.2 Å². The normalized spacial score (nSPS) is 9.98. The van der Waals surface area contributed by atoms with Crippen LogP contribution in [-0.4, -0.2) is 35.9 Å². The van der Waals surface area contributed by atoms with Crippen LogP contribution in [0.2, 0.25) is 0 Å². The minimum absolute atomic E-state index is 0.534. The Labute approximate surface area is 339 Å². The first kappa shape index (κ1) is 41.6. The number of hydrogen-bond donors (Lipinski definition) is 6. The maximum atomic E-state index is 11.9. The van der Waals surface area contributed by atoms with E-state index in [0.29, 0.717) is 57.1 Å². The van der Waals surface area contributed by atoms with Crippen molar-refractivity contribution in [2.24, 2.45) is 0 Å². The second kappa shape index (κ2) is 21.0. The molecule has 59 heavy (non-hydrogen) atoms. The van der Waals surface area contributed by atoms with Crippen molar-refractivity contribution in [2.75, 3.05) is 47.2 Å². The molecule has 0 atom stereocenters. The van der Waals surface area contributed by atoms with Crippen molar-refractivity contribution in [2.45, 2.75) is 26.4 Å². The smallest absolute Gasteiger partial charge is 0.412 e. The highest BCUT2D eigenvalue weighted by Gasteiger charge is 2.16. The highest BCUT2D eigenvalue weighted by Crippen LogP contribution is 2.33. The number of nitrogens with zero attached hydrogens (tertiary/aromatic N) is 2. The van der Waals surface area contributed by atoms with Gasteiger partial charge in [0.2, 0.25) is 0 Å². The molecule has 0 aliphatic rings. The molecular weight excluding hydrogens is 764 g/mol. The van der Waals surface area contributed by atoms with E-state index in [9.17, 15) is 4.79 Å². The average Bonchev–Trinajstić information content (AvgIpc) is 3.96. The molecule has 6 aromatic rings. The van der Waals surface area contributed by atoms with Crippen molar-refractivity contribution in [1.82, 2.24) is 9.97 Å². The van der Waals surface area contributed by atoms with Gasteiger partial charge in [0, 0.05) is 23.5 Å². The second-order valence-electron chi connectivity index (χ2n) is 12.6. The lowest BCUT2D eigenvalue weighted by atomic mass is 10.1. The van der Waals surface area contributed by atoms with Crippen molar-refractivity contribution in [3.63, 3.8) is 0 Å². The van der Waals surface area contributed by atoms with Crippen LogP contribution in [0.25, 0.3) is 22.6 Å². The summed E-state index contributed by atoms with van der Waals surface area (Å²) in [5, 5.41) is 2.64. The van der Waals surface area contributed by atoms with Gasteiger partial charge in [-0.05, 0) is 81.4 Å². The zero-order chi connectivity index (χ0) is 41.9. The third kappa shape index (κ3) is 13.6. The fourth-order valence-corrected chi connectivity index (χ4v) is 4.72. The first-order chi connectivity index (χ1) is 28.6. The van der Waals surface area contributed by atoms with Crippen molar-refractivity contribution in [3.8, 4) is 58.6 Å². The Kier molecular flexibility index (Phi) is 14.8. The van der Waals surface area contributed by atoms with E-state index in [4.69, 9.17) is 48.1 Å². The molecule has 0 saturated heterocycles. The Bertz CT molecular complexity index is 2380. The number of nitrogen functional groups attached to an aromatic ring is 1. The van der Waals surface area contributed by atoms with Gasteiger partial charge in [-0.1, -0.05) is 12.1 Å². The minimum Gasteiger partial charge on any atom is -0.496 e. The van der Waals surface area contributed by atoms with Crippen molar-refractivity contribution in [1.29, 1.82) is 0 Å². The molecule has 0 radical (unpaired) electrons. The fourth-order valence-electron chi connectivity index (χ4n) is 4.72. The van der Waals surface area contributed by atoms with Gasteiger partial charge in [0.05, 0.1) is 60.5 Å².